The van der Waals surface area contributed by atoms with E-state index in [4.69, 9.17) is 4.74 Å². The van der Waals surface area contributed by atoms with Gasteiger partial charge in [-0.25, -0.2) is 9.59 Å². The Bertz CT molecular complexity index is 939. The van der Waals surface area contributed by atoms with Gasteiger partial charge in [-0.2, -0.15) is 0 Å². The third-order valence-corrected chi connectivity index (χ3v) is 4.73. The number of cyclic esters (lactones) is 2. The van der Waals surface area contributed by atoms with Crippen LogP contribution in [0, 0.1) is 6.92 Å². The van der Waals surface area contributed by atoms with Crippen LogP contribution in [0.4, 0.5) is 0 Å². The quantitative estimate of drug-likeness (QED) is 0.470. The van der Waals surface area contributed by atoms with Gasteiger partial charge in [-0.3, -0.25) is 0 Å². The van der Waals surface area contributed by atoms with Crippen LogP contribution in [0.25, 0.3) is 16.8 Å². The fourth-order valence-electron chi connectivity index (χ4n) is 3.28. The van der Waals surface area contributed by atoms with E-state index in [1.54, 1.807) is 0 Å². The van der Waals surface area contributed by atoms with E-state index in [9.17, 15) is 9.59 Å². The molecule has 1 aliphatic rings. The molecule has 0 bridgehead atoms. The number of carbonyl (C=O) groups is 2. The second kappa shape index (κ2) is 6.20. The number of benzene rings is 1. The molecule has 1 aromatic heterocycles. The van der Waals surface area contributed by atoms with Crippen molar-refractivity contribution in [3.8, 4) is 11.3 Å². The van der Waals surface area contributed by atoms with Gasteiger partial charge < -0.3 is 9.30 Å². The lowest BCUT2D eigenvalue weighted by molar-refractivity contribution is -0.149. The summed E-state index contributed by atoms with van der Waals surface area (Å²) in [6.45, 7) is 7.51. The number of carbonyl (C=O) groups excluding carboxylic acids is 2. The fraction of sp³-hybridized carbons (Fsp3) is 0.238. The maximum Gasteiger partial charge on any atom is 0.347 e. The zero-order valence-electron chi connectivity index (χ0n) is 15.1. The molecular formula is C21H21NO3. The lowest BCUT2D eigenvalue weighted by Gasteiger charge is -2.07. The summed E-state index contributed by atoms with van der Waals surface area (Å²) in [7, 11) is 2.00. The average Bonchev–Trinajstić information content (AvgIpc) is 3.04. The van der Waals surface area contributed by atoms with Crippen molar-refractivity contribution in [2.24, 2.45) is 7.05 Å². The molecule has 0 unspecified atom stereocenters. The molecule has 2 heterocycles. The summed E-state index contributed by atoms with van der Waals surface area (Å²) in [5.41, 5.74) is 6.44. The molecule has 0 amide bonds. The molecule has 4 heteroatoms. The van der Waals surface area contributed by atoms with Crippen molar-refractivity contribution < 1.29 is 14.3 Å². The molecule has 0 spiro atoms. The Balaban J connectivity index is 2.22. The molecule has 4 nitrogen and oxygen atoms in total. The molecule has 0 saturated carbocycles. The Kier molecular flexibility index (Phi) is 4.21. The number of rotatable bonds is 2. The van der Waals surface area contributed by atoms with Crippen molar-refractivity contribution >= 4 is 17.5 Å². The first kappa shape index (κ1) is 17.0. The van der Waals surface area contributed by atoms with E-state index in [0.717, 1.165) is 33.7 Å². The van der Waals surface area contributed by atoms with E-state index in [-0.39, 0.29) is 0 Å². The normalized spacial score (nSPS) is 16.3. The maximum atomic E-state index is 12.2. The number of ether oxygens (including phenoxy) is 1. The molecular weight excluding hydrogens is 314 g/mol. The molecule has 1 aromatic carbocycles. The van der Waals surface area contributed by atoms with Crippen LogP contribution in [-0.2, 0) is 21.4 Å². The van der Waals surface area contributed by atoms with Crippen LogP contribution in [-0.4, -0.2) is 16.5 Å². The molecule has 128 valence electrons. The zero-order chi connectivity index (χ0) is 18.3. The number of aromatic nitrogens is 1. The Morgan fingerprint density at radius 2 is 1.56 bits per heavy atom. The van der Waals surface area contributed by atoms with E-state index >= 15 is 0 Å². The first-order chi connectivity index (χ1) is 11.8. The number of hydrogen-bond donors (Lipinski definition) is 0. The molecule has 0 aliphatic carbocycles. The molecule has 0 radical (unpaired) electrons. The maximum absolute atomic E-state index is 12.2. The highest BCUT2D eigenvalue weighted by Crippen LogP contribution is 2.36. The summed E-state index contributed by atoms with van der Waals surface area (Å²) in [6.07, 6.45) is 0. The van der Waals surface area contributed by atoms with Gasteiger partial charge in [0, 0.05) is 18.4 Å². The highest BCUT2D eigenvalue weighted by molar-refractivity contribution is 6.22. The molecule has 1 saturated heterocycles. The molecule has 0 atom stereocenters. The summed E-state index contributed by atoms with van der Waals surface area (Å²) in [5.74, 6) is -1.13. The van der Waals surface area contributed by atoms with Crippen LogP contribution >= 0.6 is 0 Å². The van der Waals surface area contributed by atoms with Crippen molar-refractivity contribution in [1.82, 2.24) is 4.57 Å². The van der Waals surface area contributed by atoms with Crippen molar-refractivity contribution in [3.63, 3.8) is 0 Å². The van der Waals surface area contributed by atoms with Gasteiger partial charge in [-0.15, -0.1) is 0 Å². The van der Waals surface area contributed by atoms with E-state index in [1.165, 1.54) is 0 Å². The lowest BCUT2D eigenvalue weighted by Crippen LogP contribution is -2.00. The van der Waals surface area contributed by atoms with E-state index in [1.807, 2.05) is 52.9 Å². The molecule has 25 heavy (non-hydrogen) atoms. The Morgan fingerprint density at radius 1 is 0.960 bits per heavy atom. The third kappa shape index (κ3) is 2.74. The van der Waals surface area contributed by atoms with Crippen LogP contribution in [0.1, 0.15) is 32.0 Å². The first-order valence-corrected chi connectivity index (χ1v) is 8.20. The van der Waals surface area contributed by atoms with Crippen LogP contribution in [0.2, 0.25) is 0 Å². The van der Waals surface area contributed by atoms with Crippen LogP contribution < -0.4 is 0 Å². The third-order valence-electron chi connectivity index (χ3n) is 4.73. The monoisotopic (exact) mass is 335 g/mol. The summed E-state index contributed by atoms with van der Waals surface area (Å²) in [4.78, 5) is 24.3. The largest absolute Gasteiger partial charge is 0.386 e. The minimum absolute atomic E-state index is 0.373. The molecule has 0 N–H and O–H groups in total. The summed E-state index contributed by atoms with van der Waals surface area (Å²) in [5, 5.41) is 0. The summed E-state index contributed by atoms with van der Waals surface area (Å²) < 4.78 is 6.95. The van der Waals surface area contributed by atoms with Crippen LogP contribution in [0.3, 0.4) is 0 Å². The van der Waals surface area contributed by atoms with Crippen LogP contribution in [0.15, 0.2) is 53.1 Å². The SMILES string of the molecule is CC(C)=C1C(=O)OC(=O)/C1=C(/C)c1cc(-c2ccccc2)n(C)c1C. The van der Waals surface area contributed by atoms with Crippen LogP contribution in [0.5, 0.6) is 0 Å². The Hall–Kier alpha value is -2.88. The Morgan fingerprint density at radius 3 is 2.16 bits per heavy atom. The molecule has 2 aromatic rings. The van der Waals surface area contributed by atoms with Crippen molar-refractivity contribution in [2.75, 3.05) is 0 Å². The highest BCUT2D eigenvalue weighted by atomic mass is 16.6. The smallest absolute Gasteiger partial charge is 0.347 e. The van der Waals surface area contributed by atoms with Crippen molar-refractivity contribution in [1.29, 1.82) is 0 Å². The van der Waals surface area contributed by atoms with Gasteiger partial charge in [-0.05, 0) is 50.5 Å². The average molecular weight is 335 g/mol. The number of hydrogen-bond acceptors (Lipinski definition) is 3. The number of esters is 2. The molecule has 1 fully saturated rings. The predicted molar refractivity (Wildman–Crippen MR) is 97.7 cm³/mol. The Labute approximate surface area is 147 Å². The van der Waals surface area contributed by atoms with Gasteiger partial charge >= 0.3 is 11.9 Å². The minimum atomic E-state index is -0.566. The molecule has 3 rings (SSSR count). The zero-order valence-corrected chi connectivity index (χ0v) is 15.1. The number of nitrogens with zero attached hydrogens (tertiary/aromatic N) is 1. The second-order valence-electron chi connectivity index (χ2n) is 6.51. The van der Waals surface area contributed by atoms with Gasteiger partial charge in [0.05, 0.1) is 11.1 Å². The van der Waals surface area contributed by atoms with Crippen molar-refractivity contribution in [3.05, 3.63) is 64.4 Å². The van der Waals surface area contributed by atoms with Gasteiger partial charge in [0.1, 0.15) is 0 Å². The lowest BCUT2D eigenvalue weighted by atomic mass is 9.94. The van der Waals surface area contributed by atoms with Crippen molar-refractivity contribution in [2.45, 2.75) is 27.7 Å². The summed E-state index contributed by atoms with van der Waals surface area (Å²) >= 11 is 0. The van der Waals surface area contributed by atoms with Gasteiger partial charge in [0.2, 0.25) is 0 Å². The standard InChI is InChI=1S/C21H21NO3/c1-12(2)18-19(21(24)25-20(18)23)13(3)16-11-17(22(5)14(16)4)15-9-7-6-8-10-15/h6-11H,1-5H3/b19-13-. The molecule has 1 aliphatic heterocycles. The first-order valence-electron chi connectivity index (χ1n) is 8.20. The summed E-state index contributed by atoms with van der Waals surface area (Å²) in [6, 6.07) is 12.1. The topological polar surface area (TPSA) is 48.3 Å². The van der Waals surface area contributed by atoms with E-state index in [2.05, 4.69) is 22.8 Å². The minimum Gasteiger partial charge on any atom is -0.386 e. The number of allylic oxidation sites excluding steroid dienone is 2. The fourth-order valence-corrected chi connectivity index (χ4v) is 3.28. The van der Waals surface area contributed by atoms with E-state index < -0.39 is 11.9 Å². The van der Waals surface area contributed by atoms with Gasteiger partial charge in [0.25, 0.3) is 0 Å². The predicted octanol–water partition coefficient (Wildman–Crippen LogP) is 4.19. The highest BCUT2D eigenvalue weighted by Gasteiger charge is 2.36. The van der Waals surface area contributed by atoms with E-state index in [0.29, 0.717) is 11.1 Å². The van der Waals surface area contributed by atoms with Gasteiger partial charge in [0.15, 0.2) is 0 Å². The van der Waals surface area contributed by atoms with Gasteiger partial charge in [-0.1, -0.05) is 35.9 Å². The second-order valence-corrected chi connectivity index (χ2v) is 6.51.